The largest absolute Gasteiger partial charge is 0.324 e. The Morgan fingerprint density at radius 1 is 0.897 bits per heavy atom. The van der Waals surface area contributed by atoms with Crippen molar-refractivity contribution in [3.8, 4) is 0 Å². The van der Waals surface area contributed by atoms with E-state index in [1.165, 1.54) is 13.1 Å². The minimum absolute atomic E-state index is 0.358. The summed E-state index contributed by atoms with van der Waals surface area (Å²) in [6.07, 6.45) is 2.12. The van der Waals surface area contributed by atoms with Gasteiger partial charge in [-0.3, -0.25) is 13.4 Å². The van der Waals surface area contributed by atoms with Gasteiger partial charge in [-0.2, -0.15) is 0 Å². The molecule has 2 rings (SSSR count). The third-order valence-corrected chi connectivity index (χ3v) is 6.52. The van der Waals surface area contributed by atoms with Crippen molar-refractivity contribution >= 4 is 43.0 Å². The molecule has 8 nitrogen and oxygen atoms in total. The Morgan fingerprint density at radius 3 is 2.00 bits per heavy atom. The van der Waals surface area contributed by atoms with Crippen LogP contribution in [0.1, 0.15) is 11.1 Å². The number of carbonyl (C=O) groups excluding carboxylic acids is 1. The smallest absolute Gasteiger partial charge is 0.245 e. The van der Waals surface area contributed by atoms with Crippen molar-refractivity contribution in [1.82, 2.24) is 0 Å². The maximum atomic E-state index is 12.5. The van der Waals surface area contributed by atoms with Gasteiger partial charge in [0.15, 0.2) is 0 Å². The number of carbonyl (C=O) groups is 1. The van der Waals surface area contributed by atoms with Gasteiger partial charge in [0.25, 0.3) is 0 Å². The summed E-state index contributed by atoms with van der Waals surface area (Å²) in [5, 5.41) is 2.62. The summed E-state index contributed by atoms with van der Waals surface area (Å²) < 4.78 is 50.1. The van der Waals surface area contributed by atoms with Gasteiger partial charge in [-0.15, -0.1) is 0 Å². The summed E-state index contributed by atoms with van der Waals surface area (Å²) in [6.45, 7) is 3.29. The molecule has 0 saturated heterocycles. The zero-order valence-corrected chi connectivity index (χ0v) is 18.6. The maximum Gasteiger partial charge on any atom is 0.245 e. The van der Waals surface area contributed by atoms with E-state index in [9.17, 15) is 21.6 Å². The summed E-state index contributed by atoms with van der Waals surface area (Å²) in [7, 11) is -5.74. The minimum atomic E-state index is -3.69. The summed E-state index contributed by atoms with van der Waals surface area (Å²) in [5.74, 6) is -0.547. The first-order valence-corrected chi connectivity index (χ1v) is 12.4. The molecule has 0 aliphatic heterocycles. The van der Waals surface area contributed by atoms with E-state index in [4.69, 9.17) is 0 Å². The lowest BCUT2D eigenvalue weighted by Crippen LogP contribution is -2.37. The first-order chi connectivity index (χ1) is 13.3. The summed E-state index contributed by atoms with van der Waals surface area (Å²) in [5.41, 5.74) is 2.90. The molecule has 0 atom stereocenters. The number of benzene rings is 2. The summed E-state index contributed by atoms with van der Waals surface area (Å²) in [4.78, 5) is 12.5. The predicted octanol–water partition coefficient (Wildman–Crippen LogP) is 2.10. The lowest BCUT2D eigenvalue weighted by molar-refractivity contribution is -0.114. The molecule has 0 aliphatic rings. The Bertz CT molecular complexity index is 1110. The van der Waals surface area contributed by atoms with E-state index in [0.29, 0.717) is 17.1 Å². The molecule has 0 aromatic heterocycles. The van der Waals surface area contributed by atoms with Crippen LogP contribution in [0.4, 0.5) is 17.1 Å². The van der Waals surface area contributed by atoms with E-state index in [1.54, 1.807) is 30.3 Å². The molecule has 29 heavy (non-hydrogen) atoms. The van der Waals surface area contributed by atoms with Gasteiger partial charge in [0.2, 0.25) is 26.0 Å². The summed E-state index contributed by atoms with van der Waals surface area (Å²) in [6, 6.07) is 11.6. The molecule has 2 aromatic carbocycles. The Hall–Kier alpha value is -2.59. The van der Waals surface area contributed by atoms with Gasteiger partial charge in [-0.1, -0.05) is 12.1 Å². The van der Waals surface area contributed by atoms with Gasteiger partial charge in [-0.05, 0) is 55.3 Å². The molecule has 0 heterocycles. The van der Waals surface area contributed by atoms with E-state index < -0.39 is 32.5 Å². The van der Waals surface area contributed by atoms with Gasteiger partial charge >= 0.3 is 0 Å². The van der Waals surface area contributed by atoms with Crippen molar-refractivity contribution in [3.05, 3.63) is 53.6 Å². The molecular weight excluding hydrogens is 414 g/mol. The third kappa shape index (κ3) is 6.20. The standard InChI is InChI=1S/C19H25N3O5S2/c1-14-9-15(2)11-18(10-14)22(29(5,26)27)13-19(23)20-16-7-6-8-17(12-16)21(3)28(4,24)25/h6-12H,13H2,1-5H3,(H,20,23). The molecule has 0 radical (unpaired) electrons. The van der Waals surface area contributed by atoms with E-state index in [1.807, 2.05) is 19.9 Å². The number of amides is 1. The topological polar surface area (TPSA) is 104 Å². The second kappa shape index (κ2) is 8.42. The number of sulfonamides is 2. The van der Waals surface area contributed by atoms with Crippen LogP contribution >= 0.6 is 0 Å². The van der Waals surface area contributed by atoms with Crippen molar-refractivity contribution in [2.75, 3.05) is 40.0 Å². The molecule has 158 valence electrons. The fourth-order valence-corrected chi connectivity index (χ4v) is 4.13. The highest BCUT2D eigenvalue weighted by Crippen LogP contribution is 2.23. The first-order valence-electron chi connectivity index (χ1n) is 8.67. The van der Waals surface area contributed by atoms with Crippen LogP contribution in [0.25, 0.3) is 0 Å². The van der Waals surface area contributed by atoms with Crippen LogP contribution in [-0.4, -0.2) is 48.8 Å². The summed E-state index contributed by atoms with van der Waals surface area (Å²) >= 11 is 0. The van der Waals surface area contributed by atoms with Crippen LogP contribution in [0.15, 0.2) is 42.5 Å². The normalized spacial score (nSPS) is 11.8. The Morgan fingerprint density at radius 2 is 1.48 bits per heavy atom. The van der Waals surface area contributed by atoms with Crippen molar-refractivity contribution < 1.29 is 21.6 Å². The maximum absolute atomic E-state index is 12.5. The van der Waals surface area contributed by atoms with Gasteiger partial charge in [0, 0.05) is 12.7 Å². The van der Waals surface area contributed by atoms with Crippen LogP contribution in [0, 0.1) is 13.8 Å². The number of anilines is 3. The Kier molecular flexibility index (Phi) is 6.59. The third-order valence-electron chi connectivity index (χ3n) is 4.17. The molecule has 2 aromatic rings. The number of aryl methyl sites for hydroxylation is 2. The van der Waals surface area contributed by atoms with Crippen LogP contribution in [-0.2, 0) is 24.8 Å². The molecule has 0 fully saturated rings. The highest BCUT2D eigenvalue weighted by atomic mass is 32.2. The SMILES string of the molecule is Cc1cc(C)cc(N(CC(=O)Nc2cccc(N(C)S(C)(=O)=O)c2)S(C)(=O)=O)c1. The first kappa shape index (κ1) is 22.7. The van der Waals surface area contributed by atoms with E-state index in [0.717, 1.165) is 32.2 Å². The minimum Gasteiger partial charge on any atom is -0.324 e. The Balaban J connectivity index is 2.26. The molecular formula is C19H25N3O5S2. The van der Waals surface area contributed by atoms with Crippen LogP contribution in [0.5, 0.6) is 0 Å². The van der Waals surface area contributed by atoms with E-state index in [2.05, 4.69) is 5.32 Å². The van der Waals surface area contributed by atoms with Gasteiger partial charge in [-0.25, -0.2) is 16.8 Å². The molecule has 0 aliphatic carbocycles. The van der Waals surface area contributed by atoms with Crippen molar-refractivity contribution in [2.45, 2.75) is 13.8 Å². The monoisotopic (exact) mass is 439 g/mol. The lowest BCUT2D eigenvalue weighted by Gasteiger charge is -2.23. The molecule has 1 N–H and O–H groups in total. The second-order valence-electron chi connectivity index (χ2n) is 6.94. The van der Waals surface area contributed by atoms with Crippen molar-refractivity contribution in [2.24, 2.45) is 0 Å². The van der Waals surface area contributed by atoms with Crippen molar-refractivity contribution in [1.29, 1.82) is 0 Å². The van der Waals surface area contributed by atoms with E-state index in [-0.39, 0.29) is 0 Å². The van der Waals surface area contributed by atoms with Gasteiger partial charge in [0.05, 0.1) is 23.9 Å². The molecule has 0 saturated carbocycles. The fraction of sp³-hybridized carbons (Fsp3) is 0.316. The number of rotatable bonds is 7. The fourth-order valence-electron chi connectivity index (χ4n) is 2.80. The predicted molar refractivity (Wildman–Crippen MR) is 116 cm³/mol. The van der Waals surface area contributed by atoms with Crippen LogP contribution in [0.2, 0.25) is 0 Å². The molecule has 0 spiro atoms. The average molecular weight is 440 g/mol. The average Bonchev–Trinajstić information content (AvgIpc) is 2.56. The highest BCUT2D eigenvalue weighted by molar-refractivity contribution is 7.92. The van der Waals surface area contributed by atoms with Gasteiger partial charge < -0.3 is 5.32 Å². The highest BCUT2D eigenvalue weighted by Gasteiger charge is 2.22. The quantitative estimate of drug-likeness (QED) is 0.712. The lowest BCUT2D eigenvalue weighted by atomic mass is 10.1. The number of nitrogens with zero attached hydrogens (tertiary/aromatic N) is 2. The van der Waals surface area contributed by atoms with Gasteiger partial charge in [0.1, 0.15) is 6.54 Å². The molecule has 0 unspecified atom stereocenters. The number of nitrogens with one attached hydrogen (secondary N) is 1. The second-order valence-corrected chi connectivity index (χ2v) is 10.9. The molecule has 1 amide bonds. The molecule has 10 heteroatoms. The number of hydrogen-bond acceptors (Lipinski definition) is 5. The van der Waals surface area contributed by atoms with Crippen molar-refractivity contribution in [3.63, 3.8) is 0 Å². The number of hydrogen-bond donors (Lipinski definition) is 1. The van der Waals surface area contributed by atoms with Crippen LogP contribution < -0.4 is 13.9 Å². The molecule has 0 bridgehead atoms. The Labute approximate surface area is 172 Å². The zero-order chi connectivity index (χ0) is 22.0. The van der Waals surface area contributed by atoms with E-state index >= 15 is 0 Å². The zero-order valence-electron chi connectivity index (χ0n) is 17.0. The van der Waals surface area contributed by atoms with Crippen LogP contribution in [0.3, 0.4) is 0 Å².